The van der Waals surface area contributed by atoms with E-state index >= 15 is 0 Å². The maximum atomic E-state index is 13.3. The third-order valence-corrected chi connectivity index (χ3v) is 7.99. The van der Waals surface area contributed by atoms with E-state index in [1.165, 1.54) is 5.56 Å². The number of nitrogens with one attached hydrogen (secondary N) is 1. The van der Waals surface area contributed by atoms with Gasteiger partial charge in [-0.3, -0.25) is 14.3 Å². The van der Waals surface area contributed by atoms with Crippen LogP contribution in [-0.4, -0.2) is 69.6 Å². The minimum Gasteiger partial charge on any atom is -0.457 e. The predicted molar refractivity (Wildman–Crippen MR) is 178 cm³/mol. The normalized spacial score (nSPS) is 14.4. The Morgan fingerprint density at radius 3 is 2.20 bits per heavy atom. The molecule has 10 nitrogen and oxygen atoms in total. The van der Waals surface area contributed by atoms with Crippen LogP contribution in [0.2, 0.25) is 0 Å². The number of hydrogen-bond acceptors (Lipinski definition) is 7. The van der Waals surface area contributed by atoms with E-state index in [9.17, 15) is 9.59 Å². The number of carbonyl (C=O) groups is 2. The average Bonchev–Trinajstić information content (AvgIpc) is 3.71. The molecule has 10 heteroatoms. The summed E-state index contributed by atoms with van der Waals surface area (Å²) in [5.74, 6) is 1.32. The van der Waals surface area contributed by atoms with E-state index in [0.717, 1.165) is 40.3 Å². The maximum Gasteiger partial charge on any atom is 0.255 e. The van der Waals surface area contributed by atoms with Crippen molar-refractivity contribution in [1.29, 1.82) is 0 Å². The molecule has 234 valence electrons. The van der Waals surface area contributed by atoms with Crippen molar-refractivity contribution >= 4 is 17.6 Å². The number of rotatable bonds is 9. The molecule has 3 heterocycles. The molecule has 2 aromatic heterocycles. The third-order valence-electron chi connectivity index (χ3n) is 7.99. The molecule has 6 rings (SSSR count). The van der Waals surface area contributed by atoms with Crippen molar-refractivity contribution in [3.8, 4) is 33.8 Å². The summed E-state index contributed by atoms with van der Waals surface area (Å²) < 4.78 is 7.71. The van der Waals surface area contributed by atoms with Crippen LogP contribution in [0.5, 0.6) is 11.5 Å². The Balaban J connectivity index is 1.03. The fourth-order valence-electron chi connectivity index (χ4n) is 5.58. The highest BCUT2D eigenvalue weighted by Crippen LogP contribution is 2.27. The Hall–Kier alpha value is -5.48. The highest BCUT2D eigenvalue weighted by atomic mass is 16.5. The van der Waals surface area contributed by atoms with Crippen LogP contribution < -0.4 is 15.8 Å². The SMILES string of the molecule is CN(C)Cc1ccc(Oc2ccc(-c3ccc(C(=O)N4CC[C@@H](NC(=O)c5cc(-c6cnn(C)c6)cnc5N)C4)cc3)cc2)cc1. The van der Waals surface area contributed by atoms with Crippen molar-refractivity contribution in [1.82, 2.24) is 29.9 Å². The Bertz CT molecular complexity index is 1830. The monoisotopic (exact) mass is 615 g/mol. The number of likely N-dealkylation sites (tertiary alicyclic amines) is 1. The molecule has 1 fully saturated rings. The molecular formula is C36H37N7O3. The van der Waals surface area contributed by atoms with E-state index in [0.29, 0.717) is 30.6 Å². The van der Waals surface area contributed by atoms with Crippen molar-refractivity contribution in [2.75, 3.05) is 32.9 Å². The lowest BCUT2D eigenvalue weighted by Gasteiger charge is -2.18. The second kappa shape index (κ2) is 13.3. The van der Waals surface area contributed by atoms with Crippen LogP contribution >= 0.6 is 0 Å². The van der Waals surface area contributed by atoms with E-state index < -0.39 is 0 Å². The lowest BCUT2D eigenvalue weighted by molar-refractivity contribution is 0.0783. The summed E-state index contributed by atoms with van der Waals surface area (Å²) in [5.41, 5.74) is 11.8. The number of benzene rings is 3. The van der Waals surface area contributed by atoms with Gasteiger partial charge in [-0.2, -0.15) is 5.10 Å². The van der Waals surface area contributed by atoms with Gasteiger partial charge in [0.2, 0.25) is 0 Å². The fraction of sp³-hybridized carbons (Fsp3) is 0.222. The number of hydrogen-bond donors (Lipinski definition) is 2. The summed E-state index contributed by atoms with van der Waals surface area (Å²) in [4.78, 5) is 34.5. The number of nitrogens with two attached hydrogens (primary N) is 1. The summed E-state index contributed by atoms with van der Waals surface area (Å²) in [6.07, 6.45) is 5.84. The molecular weight excluding hydrogens is 578 g/mol. The molecule has 0 bridgehead atoms. The summed E-state index contributed by atoms with van der Waals surface area (Å²) in [6.45, 7) is 1.85. The molecule has 1 aliphatic rings. The highest BCUT2D eigenvalue weighted by molar-refractivity contribution is 6.00. The average molecular weight is 616 g/mol. The number of pyridine rings is 1. The second-order valence-electron chi connectivity index (χ2n) is 11.9. The van der Waals surface area contributed by atoms with Crippen LogP contribution in [0.15, 0.2) is 97.5 Å². The van der Waals surface area contributed by atoms with Crippen LogP contribution in [0.4, 0.5) is 5.82 Å². The van der Waals surface area contributed by atoms with Crippen LogP contribution in [0, 0.1) is 0 Å². The molecule has 0 aliphatic carbocycles. The van der Waals surface area contributed by atoms with Crippen LogP contribution in [0.3, 0.4) is 0 Å². The summed E-state index contributed by atoms with van der Waals surface area (Å²) in [5, 5.41) is 7.21. The van der Waals surface area contributed by atoms with Crippen molar-refractivity contribution in [2.24, 2.45) is 7.05 Å². The zero-order valence-electron chi connectivity index (χ0n) is 26.2. The number of amides is 2. The summed E-state index contributed by atoms with van der Waals surface area (Å²) >= 11 is 0. The van der Waals surface area contributed by atoms with Gasteiger partial charge in [0.1, 0.15) is 17.3 Å². The zero-order chi connectivity index (χ0) is 32.2. The Morgan fingerprint density at radius 2 is 1.57 bits per heavy atom. The van der Waals surface area contributed by atoms with Gasteiger partial charge in [-0.1, -0.05) is 36.4 Å². The van der Waals surface area contributed by atoms with E-state index in [-0.39, 0.29) is 23.7 Å². The number of nitrogens with zero attached hydrogens (tertiary/aromatic N) is 5. The maximum absolute atomic E-state index is 13.3. The van der Waals surface area contributed by atoms with E-state index in [1.54, 1.807) is 28.0 Å². The third kappa shape index (κ3) is 7.08. The summed E-state index contributed by atoms with van der Waals surface area (Å²) in [7, 11) is 5.92. The minimum absolute atomic E-state index is 0.0663. The molecule has 1 saturated heterocycles. The number of aryl methyl sites for hydroxylation is 1. The van der Waals surface area contributed by atoms with Crippen molar-refractivity contribution < 1.29 is 14.3 Å². The van der Waals surface area contributed by atoms with Gasteiger partial charge >= 0.3 is 0 Å². The Morgan fingerprint density at radius 1 is 0.913 bits per heavy atom. The lowest BCUT2D eigenvalue weighted by Crippen LogP contribution is -2.38. The molecule has 3 aromatic carbocycles. The van der Waals surface area contributed by atoms with Gasteiger partial charge in [0.15, 0.2) is 0 Å². The molecule has 0 saturated carbocycles. The quantitative estimate of drug-likeness (QED) is 0.233. The molecule has 3 N–H and O–H groups in total. The number of nitrogen functional groups attached to an aromatic ring is 1. The number of ether oxygens (including phenoxy) is 1. The van der Waals surface area contributed by atoms with Gasteiger partial charge in [0.05, 0.1) is 11.8 Å². The first kappa shape index (κ1) is 30.5. The second-order valence-corrected chi connectivity index (χ2v) is 11.9. The van der Waals surface area contributed by atoms with E-state index in [2.05, 4.69) is 32.4 Å². The molecule has 46 heavy (non-hydrogen) atoms. The zero-order valence-corrected chi connectivity index (χ0v) is 26.2. The molecule has 0 unspecified atom stereocenters. The first-order valence-electron chi connectivity index (χ1n) is 15.2. The van der Waals surface area contributed by atoms with Gasteiger partial charge in [-0.05, 0) is 79.7 Å². The lowest BCUT2D eigenvalue weighted by atomic mass is 10.0. The van der Waals surface area contributed by atoms with Crippen LogP contribution in [0.25, 0.3) is 22.3 Å². The number of anilines is 1. The molecule has 2 amide bonds. The van der Waals surface area contributed by atoms with E-state index in [4.69, 9.17) is 10.5 Å². The molecule has 5 aromatic rings. The Kier molecular flexibility index (Phi) is 8.80. The molecule has 1 atom stereocenters. The topological polar surface area (TPSA) is 119 Å². The number of aromatic nitrogens is 3. The van der Waals surface area contributed by atoms with Gasteiger partial charge < -0.3 is 25.6 Å². The van der Waals surface area contributed by atoms with Crippen molar-refractivity contribution in [2.45, 2.75) is 19.0 Å². The largest absolute Gasteiger partial charge is 0.457 e. The van der Waals surface area contributed by atoms with Gasteiger partial charge in [-0.15, -0.1) is 0 Å². The highest BCUT2D eigenvalue weighted by Gasteiger charge is 2.29. The molecule has 0 radical (unpaired) electrons. The molecule has 1 aliphatic heterocycles. The molecule has 0 spiro atoms. The van der Waals surface area contributed by atoms with Crippen molar-refractivity contribution in [3.63, 3.8) is 0 Å². The summed E-state index contributed by atoms with van der Waals surface area (Å²) in [6, 6.07) is 25.1. The smallest absolute Gasteiger partial charge is 0.255 e. The predicted octanol–water partition coefficient (Wildman–Crippen LogP) is 5.23. The van der Waals surface area contributed by atoms with Gasteiger partial charge in [-0.25, -0.2) is 4.98 Å². The standard InChI is InChI=1S/C36H37N7O3/c1-41(2)21-24-4-12-31(13-5-24)46-32-14-10-26(11-15-32)25-6-8-27(9-7-25)36(45)43-17-16-30(23-43)40-35(44)33-18-28(19-38-34(33)37)29-20-39-42(3)22-29/h4-15,18-20,22,30H,16-17,21,23H2,1-3H3,(H2,37,38)(H,40,44)/t30-/m1/s1. The number of carbonyl (C=O) groups excluding carboxylic acids is 2. The van der Waals surface area contributed by atoms with E-state index in [1.807, 2.05) is 88.0 Å². The first-order valence-corrected chi connectivity index (χ1v) is 15.2. The van der Waals surface area contributed by atoms with Crippen LogP contribution in [-0.2, 0) is 13.6 Å². The fourth-order valence-corrected chi connectivity index (χ4v) is 5.58. The first-order chi connectivity index (χ1) is 22.2. The van der Waals surface area contributed by atoms with Gasteiger partial charge in [0.25, 0.3) is 11.8 Å². The van der Waals surface area contributed by atoms with Crippen molar-refractivity contribution in [3.05, 3.63) is 114 Å². The van der Waals surface area contributed by atoms with Crippen LogP contribution in [0.1, 0.15) is 32.7 Å². The van der Waals surface area contributed by atoms with Gasteiger partial charge in [0, 0.05) is 61.8 Å². The Labute approximate surface area is 268 Å². The minimum atomic E-state index is -0.311.